The highest BCUT2D eigenvalue weighted by Crippen LogP contribution is 2.26. The lowest BCUT2D eigenvalue weighted by Crippen LogP contribution is -2.42. The second-order valence-electron chi connectivity index (χ2n) is 8.33. The average molecular weight is 434 g/mol. The second-order valence-corrected chi connectivity index (χ2v) is 8.33. The Morgan fingerprint density at radius 1 is 1.12 bits per heavy atom. The van der Waals surface area contributed by atoms with E-state index in [1.54, 1.807) is 19.2 Å². The number of hydrogen-bond donors (Lipinski definition) is 3. The Bertz CT molecular complexity index is 1080. The normalized spacial score (nSPS) is 18.7. The molecule has 1 aliphatic heterocycles. The summed E-state index contributed by atoms with van der Waals surface area (Å²) < 4.78 is 5.27. The lowest BCUT2D eigenvalue weighted by Gasteiger charge is -2.23. The maximum atomic E-state index is 12.8. The molecule has 1 aliphatic rings. The van der Waals surface area contributed by atoms with Crippen molar-refractivity contribution in [1.29, 1.82) is 0 Å². The standard InChI is InChI=1S/C26H31N3O3/c1-3-27-26(31)24-14-22(28-15-21-13-23(32-2)10-11-25(21)30)17-29(24)16-18-8-9-19-6-4-5-7-20(19)12-18/h4-13,22,24,28,30H,3,14-17H2,1-2H3,(H,27,31)/t22-,24+/m1/s1. The number of nitrogens with one attached hydrogen (secondary N) is 2. The molecule has 3 aromatic rings. The summed E-state index contributed by atoms with van der Waals surface area (Å²) in [4.78, 5) is 15.0. The molecule has 3 aromatic carbocycles. The van der Waals surface area contributed by atoms with Gasteiger partial charge in [0.2, 0.25) is 5.91 Å². The van der Waals surface area contributed by atoms with Crippen molar-refractivity contribution >= 4 is 16.7 Å². The molecule has 6 nitrogen and oxygen atoms in total. The van der Waals surface area contributed by atoms with Crippen LogP contribution in [0.5, 0.6) is 11.5 Å². The van der Waals surface area contributed by atoms with Gasteiger partial charge in [-0.1, -0.05) is 36.4 Å². The highest BCUT2D eigenvalue weighted by molar-refractivity contribution is 5.83. The summed E-state index contributed by atoms with van der Waals surface area (Å²) in [6.45, 7) is 4.56. The van der Waals surface area contributed by atoms with Crippen LogP contribution in [0.25, 0.3) is 10.8 Å². The molecular weight excluding hydrogens is 402 g/mol. The fourth-order valence-electron chi connectivity index (χ4n) is 4.45. The van der Waals surface area contributed by atoms with Crippen LogP contribution in [0.15, 0.2) is 60.7 Å². The fourth-order valence-corrected chi connectivity index (χ4v) is 4.45. The average Bonchev–Trinajstić information content (AvgIpc) is 3.21. The number of methoxy groups -OCH3 is 1. The van der Waals surface area contributed by atoms with Gasteiger partial charge in [0, 0.05) is 37.8 Å². The first kappa shape index (κ1) is 22.1. The molecule has 6 heteroatoms. The number of likely N-dealkylation sites (N-methyl/N-ethyl adjacent to an activating group) is 1. The van der Waals surface area contributed by atoms with Crippen LogP contribution in [0.2, 0.25) is 0 Å². The van der Waals surface area contributed by atoms with Gasteiger partial charge in [-0.05, 0) is 53.9 Å². The van der Waals surface area contributed by atoms with Gasteiger partial charge in [0.1, 0.15) is 11.5 Å². The minimum Gasteiger partial charge on any atom is -0.508 e. The highest BCUT2D eigenvalue weighted by atomic mass is 16.5. The summed E-state index contributed by atoms with van der Waals surface area (Å²) in [5, 5.41) is 19.1. The number of carbonyl (C=O) groups excluding carboxylic acids is 1. The molecule has 0 saturated carbocycles. The van der Waals surface area contributed by atoms with Gasteiger partial charge in [-0.3, -0.25) is 9.69 Å². The molecule has 1 heterocycles. The van der Waals surface area contributed by atoms with Crippen LogP contribution in [0.1, 0.15) is 24.5 Å². The van der Waals surface area contributed by atoms with E-state index < -0.39 is 0 Å². The summed E-state index contributed by atoms with van der Waals surface area (Å²) >= 11 is 0. The molecule has 0 unspecified atom stereocenters. The van der Waals surface area contributed by atoms with Crippen LogP contribution in [-0.4, -0.2) is 48.2 Å². The Kier molecular flexibility index (Phi) is 6.93. The lowest BCUT2D eigenvalue weighted by atomic mass is 10.1. The molecule has 32 heavy (non-hydrogen) atoms. The molecule has 0 radical (unpaired) electrons. The summed E-state index contributed by atoms with van der Waals surface area (Å²) in [6.07, 6.45) is 0.726. The third-order valence-electron chi connectivity index (χ3n) is 6.12. The van der Waals surface area contributed by atoms with Gasteiger partial charge >= 0.3 is 0 Å². The Labute approximate surface area is 189 Å². The molecule has 0 aliphatic carbocycles. The predicted molar refractivity (Wildman–Crippen MR) is 127 cm³/mol. The van der Waals surface area contributed by atoms with Crippen LogP contribution >= 0.6 is 0 Å². The maximum absolute atomic E-state index is 12.8. The molecule has 3 N–H and O–H groups in total. The van der Waals surface area contributed by atoms with E-state index >= 15 is 0 Å². The molecule has 1 fully saturated rings. The smallest absolute Gasteiger partial charge is 0.237 e. The van der Waals surface area contributed by atoms with Gasteiger partial charge in [-0.25, -0.2) is 0 Å². The number of rotatable bonds is 8. The van der Waals surface area contributed by atoms with Gasteiger partial charge in [0.05, 0.1) is 13.2 Å². The van der Waals surface area contributed by atoms with E-state index in [0.29, 0.717) is 18.8 Å². The van der Waals surface area contributed by atoms with E-state index in [-0.39, 0.29) is 23.7 Å². The van der Waals surface area contributed by atoms with E-state index in [1.165, 1.54) is 16.3 Å². The van der Waals surface area contributed by atoms with Crippen molar-refractivity contribution in [3.05, 3.63) is 71.8 Å². The number of phenolic OH excluding ortho intramolecular Hbond substituents is 1. The molecule has 0 spiro atoms. The number of amides is 1. The number of phenols is 1. The van der Waals surface area contributed by atoms with Gasteiger partial charge in [-0.2, -0.15) is 0 Å². The van der Waals surface area contributed by atoms with Crippen molar-refractivity contribution in [2.24, 2.45) is 0 Å². The molecular formula is C26H31N3O3. The second kappa shape index (κ2) is 10.0. The highest BCUT2D eigenvalue weighted by Gasteiger charge is 2.36. The van der Waals surface area contributed by atoms with Crippen LogP contribution in [0.4, 0.5) is 0 Å². The zero-order valence-corrected chi connectivity index (χ0v) is 18.7. The summed E-state index contributed by atoms with van der Waals surface area (Å²) in [7, 11) is 1.61. The van der Waals surface area contributed by atoms with Crippen LogP contribution in [0, 0.1) is 0 Å². The zero-order chi connectivity index (χ0) is 22.5. The number of carbonyl (C=O) groups is 1. The minimum atomic E-state index is -0.183. The molecule has 0 aromatic heterocycles. The van der Waals surface area contributed by atoms with Crippen molar-refractivity contribution in [1.82, 2.24) is 15.5 Å². The SMILES string of the molecule is CCNC(=O)[C@@H]1C[C@@H](NCc2cc(OC)ccc2O)CN1Cc1ccc2ccccc2c1. The molecule has 0 bridgehead atoms. The topological polar surface area (TPSA) is 73.8 Å². The zero-order valence-electron chi connectivity index (χ0n) is 18.7. The van der Waals surface area contributed by atoms with E-state index in [0.717, 1.165) is 25.1 Å². The molecule has 4 rings (SSSR count). The van der Waals surface area contributed by atoms with Gasteiger partial charge < -0.3 is 20.5 Å². The van der Waals surface area contributed by atoms with Crippen LogP contribution in [-0.2, 0) is 17.9 Å². The number of benzene rings is 3. The Balaban J connectivity index is 1.47. The van der Waals surface area contributed by atoms with Crippen molar-refractivity contribution in [2.45, 2.75) is 38.5 Å². The van der Waals surface area contributed by atoms with Crippen molar-refractivity contribution < 1.29 is 14.6 Å². The largest absolute Gasteiger partial charge is 0.508 e. The van der Waals surface area contributed by atoms with Gasteiger partial charge in [0.25, 0.3) is 0 Å². The first-order valence-corrected chi connectivity index (χ1v) is 11.2. The van der Waals surface area contributed by atoms with Crippen molar-refractivity contribution in [3.63, 3.8) is 0 Å². The summed E-state index contributed by atoms with van der Waals surface area (Å²) in [6, 6.07) is 20.0. The van der Waals surface area contributed by atoms with Gasteiger partial charge in [-0.15, -0.1) is 0 Å². The molecule has 168 valence electrons. The Hall–Kier alpha value is -3.09. The van der Waals surface area contributed by atoms with E-state index in [2.05, 4.69) is 45.9 Å². The maximum Gasteiger partial charge on any atom is 0.237 e. The third kappa shape index (κ3) is 5.03. The number of fused-ring (bicyclic) bond motifs is 1. The Morgan fingerprint density at radius 2 is 1.94 bits per heavy atom. The van der Waals surface area contributed by atoms with Crippen LogP contribution in [0.3, 0.4) is 0 Å². The fraction of sp³-hybridized carbons (Fsp3) is 0.346. The van der Waals surface area contributed by atoms with E-state index in [1.807, 2.05) is 25.1 Å². The minimum absolute atomic E-state index is 0.0711. The van der Waals surface area contributed by atoms with Gasteiger partial charge in [0.15, 0.2) is 0 Å². The first-order chi connectivity index (χ1) is 15.6. The molecule has 1 saturated heterocycles. The number of hydrogen-bond acceptors (Lipinski definition) is 5. The number of nitrogens with zero attached hydrogens (tertiary/aromatic N) is 1. The number of likely N-dealkylation sites (tertiary alicyclic amines) is 1. The molecule has 1 amide bonds. The summed E-state index contributed by atoms with van der Waals surface area (Å²) in [5.74, 6) is 1.02. The number of aromatic hydroxyl groups is 1. The van der Waals surface area contributed by atoms with E-state index in [9.17, 15) is 9.90 Å². The monoisotopic (exact) mass is 433 g/mol. The summed E-state index contributed by atoms with van der Waals surface area (Å²) in [5.41, 5.74) is 1.98. The number of ether oxygens (including phenoxy) is 1. The lowest BCUT2D eigenvalue weighted by molar-refractivity contribution is -0.125. The van der Waals surface area contributed by atoms with Crippen molar-refractivity contribution in [2.75, 3.05) is 20.2 Å². The quantitative estimate of drug-likeness (QED) is 0.508. The predicted octanol–water partition coefficient (Wildman–Crippen LogP) is 3.42. The third-order valence-corrected chi connectivity index (χ3v) is 6.12. The van der Waals surface area contributed by atoms with E-state index in [4.69, 9.17) is 4.74 Å². The Morgan fingerprint density at radius 3 is 2.72 bits per heavy atom. The molecule has 2 atom stereocenters. The van der Waals surface area contributed by atoms with Crippen molar-refractivity contribution in [3.8, 4) is 11.5 Å². The van der Waals surface area contributed by atoms with Crippen LogP contribution < -0.4 is 15.4 Å². The first-order valence-electron chi connectivity index (χ1n) is 11.2.